The molecule has 24 heavy (non-hydrogen) atoms. The largest absolute Gasteiger partial charge is 0.481 e. The Morgan fingerprint density at radius 3 is 2.25 bits per heavy atom. The van der Waals surface area contributed by atoms with Crippen LogP contribution < -0.4 is 5.32 Å². The highest BCUT2D eigenvalue weighted by atomic mass is 19.4. The summed E-state index contributed by atoms with van der Waals surface area (Å²) in [5, 5.41) is 12.0. The van der Waals surface area contributed by atoms with Crippen LogP contribution >= 0.6 is 0 Å². The molecule has 8 heteroatoms. The number of alkyl halides is 3. The summed E-state index contributed by atoms with van der Waals surface area (Å²) in [4.78, 5) is 23.4. The van der Waals surface area contributed by atoms with Crippen LogP contribution in [-0.4, -0.2) is 36.7 Å². The van der Waals surface area contributed by atoms with E-state index in [9.17, 15) is 27.9 Å². The zero-order chi connectivity index (χ0) is 17.8. The van der Waals surface area contributed by atoms with Crippen molar-refractivity contribution in [3.63, 3.8) is 0 Å². The zero-order valence-corrected chi connectivity index (χ0v) is 12.9. The Bertz CT molecular complexity index is 592. The molecule has 0 aliphatic carbocycles. The maximum Gasteiger partial charge on any atom is 0.416 e. The molecule has 1 aromatic rings. The second-order valence-corrected chi connectivity index (χ2v) is 5.85. The van der Waals surface area contributed by atoms with E-state index in [0.717, 1.165) is 12.1 Å². The standard InChI is InChI=1S/C16H18F3NO4/c17-16(18,19)12-3-1-11(2-4-12)9-13(21)20-10-15(14(22)23)5-7-24-8-6-15/h1-4H,5-10H2,(H,20,21)(H,22,23). The van der Waals surface area contributed by atoms with Crippen LogP contribution in [-0.2, 0) is 26.9 Å². The number of nitrogens with one attached hydrogen (secondary N) is 1. The molecule has 1 heterocycles. The van der Waals surface area contributed by atoms with E-state index < -0.39 is 29.0 Å². The van der Waals surface area contributed by atoms with Crippen LogP contribution in [0, 0.1) is 5.41 Å². The fraction of sp³-hybridized carbons (Fsp3) is 0.500. The summed E-state index contributed by atoms with van der Waals surface area (Å²) in [5.74, 6) is -1.41. The number of hydrogen-bond donors (Lipinski definition) is 2. The molecule has 1 amide bonds. The van der Waals surface area contributed by atoms with Gasteiger partial charge >= 0.3 is 12.1 Å². The topological polar surface area (TPSA) is 75.6 Å². The number of benzene rings is 1. The molecule has 0 saturated carbocycles. The molecule has 1 aromatic carbocycles. The van der Waals surface area contributed by atoms with Crippen molar-refractivity contribution in [2.45, 2.75) is 25.4 Å². The summed E-state index contributed by atoms with van der Waals surface area (Å²) >= 11 is 0. The average molecular weight is 345 g/mol. The normalized spacial score (nSPS) is 17.3. The highest BCUT2D eigenvalue weighted by Crippen LogP contribution is 2.30. The van der Waals surface area contributed by atoms with Crippen LogP contribution in [0.4, 0.5) is 13.2 Å². The van der Waals surface area contributed by atoms with Crippen molar-refractivity contribution in [1.29, 1.82) is 0 Å². The number of carbonyl (C=O) groups is 2. The Kier molecular flexibility index (Phi) is 5.48. The minimum Gasteiger partial charge on any atom is -0.481 e. The van der Waals surface area contributed by atoms with Gasteiger partial charge in [0.25, 0.3) is 0 Å². The third kappa shape index (κ3) is 4.47. The van der Waals surface area contributed by atoms with E-state index in [2.05, 4.69) is 5.32 Å². The van der Waals surface area contributed by atoms with Crippen molar-refractivity contribution >= 4 is 11.9 Å². The van der Waals surface area contributed by atoms with E-state index in [1.54, 1.807) is 0 Å². The lowest BCUT2D eigenvalue weighted by Crippen LogP contribution is -2.46. The molecule has 0 unspecified atom stereocenters. The second-order valence-electron chi connectivity index (χ2n) is 5.85. The molecule has 1 aliphatic heterocycles. The zero-order valence-electron chi connectivity index (χ0n) is 12.9. The molecule has 0 spiro atoms. The molecule has 0 radical (unpaired) electrons. The van der Waals surface area contributed by atoms with E-state index in [1.165, 1.54) is 12.1 Å². The Labute approximate surface area is 136 Å². The summed E-state index contributed by atoms with van der Waals surface area (Å²) < 4.78 is 42.6. The van der Waals surface area contributed by atoms with Gasteiger partial charge in [0.15, 0.2) is 0 Å². The summed E-state index contributed by atoms with van der Waals surface area (Å²) in [7, 11) is 0. The van der Waals surface area contributed by atoms with Crippen LogP contribution in [0.5, 0.6) is 0 Å². The number of halogens is 3. The average Bonchev–Trinajstić information content (AvgIpc) is 2.53. The highest BCUT2D eigenvalue weighted by Gasteiger charge is 2.40. The van der Waals surface area contributed by atoms with E-state index in [0.29, 0.717) is 31.6 Å². The third-order valence-electron chi connectivity index (χ3n) is 4.17. The van der Waals surface area contributed by atoms with Gasteiger partial charge in [0.2, 0.25) is 5.91 Å². The number of aliphatic carboxylic acids is 1. The maximum absolute atomic E-state index is 12.5. The highest BCUT2D eigenvalue weighted by molar-refractivity contribution is 5.80. The lowest BCUT2D eigenvalue weighted by molar-refractivity contribution is -0.154. The number of carboxylic acids is 1. The van der Waals surface area contributed by atoms with Crippen molar-refractivity contribution in [3.05, 3.63) is 35.4 Å². The van der Waals surface area contributed by atoms with E-state index in [4.69, 9.17) is 4.74 Å². The molecule has 2 N–H and O–H groups in total. The maximum atomic E-state index is 12.5. The lowest BCUT2D eigenvalue weighted by Gasteiger charge is -2.33. The second kappa shape index (κ2) is 7.21. The Balaban J connectivity index is 1.92. The molecule has 132 valence electrons. The van der Waals surface area contributed by atoms with Crippen molar-refractivity contribution in [2.75, 3.05) is 19.8 Å². The first-order valence-electron chi connectivity index (χ1n) is 7.47. The first kappa shape index (κ1) is 18.3. The van der Waals surface area contributed by atoms with Crippen molar-refractivity contribution in [3.8, 4) is 0 Å². The monoisotopic (exact) mass is 345 g/mol. The van der Waals surface area contributed by atoms with Gasteiger partial charge in [-0.25, -0.2) is 0 Å². The molecule has 1 fully saturated rings. The molecule has 1 aliphatic rings. The minimum absolute atomic E-state index is 0.0227. The van der Waals surface area contributed by atoms with Gasteiger partial charge in [0.1, 0.15) is 0 Å². The lowest BCUT2D eigenvalue weighted by atomic mass is 9.80. The minimum atomic E-state index is -4.42. The van der Waals surface area contributed by atoms with Gasteiger partial charge < -0.3 is 15.2 Å². The Morgan fingerprint density at radius 2 is 1.75 bits per heavy atom. The fourth-order valence-corrected chi connectivity index (χ4v) is 2.56. The van der Waals surface area contributed by atoms with Gasteiger partial charge in [-0.05, 0) is 30.5 Å². The van der Waals surface area contributed by atoms with Crippen LogP contribution in [0.3, 0.4) is 0 Å². The number of carbonyl (C=O) groups excluding carboxylic acids is 1. The van der Waals surface area contributed by atoms with Gasteiger partial charge in [0.05, 0.1) is 17.4 Å². The van der Waals surface area contributed by atoms with Crippen LogP contribution in [0.15, 0.2) is 24.3 Å². The number of hydrogen-bond acceptors (Lipinski definition) is 3. The van der Waals surface area contributed by atoms with Crippen LogP contribution in [0.1, 0.15) is 24.0 Å². The van der Waals surface area contributed by atoms with Gasteiger partial charge in [0, 0.05) is 19.8 Å². The summed E-state index contributed by atoms with van der Waals surface area (Å²) in [6.45, 7) is 0.618. The van der Waals surface area contributed by atoms with Crippen molar-refractivity contribution in [2.24, 2.45) is 5.41 Å². The van der Waals surface area contributed by atoms with Crippen LogP contribution in [0.2, 0.25) is 0 Å². The van der Waals surface area contributed by atoms with E-state index in [-0.39, 0.29) is 13.0 Å². The first-order valence-corrected chi connectivity index (χ1v) is 7.47. The molecule has 0 bridgehead atoms. The van der Waals surface area contributed by atoms with Gasteiger partial charge in [-0.1, -0.05) is 12.1 Å². The SMILES string of the molecule is O=C(Cc1ccc(C(F)(F)F)cc1)NCC1(C(=O)O)CCOCC1. The molecule has 0 atom stereocenters. The van der Waals surface area contributed by atoms with E-state index in [1.807, 2.05) is 0 Å². The molecule has 0 aromatic heterocycles. The predicted molar refractivity (Wildman–Crippen MR) is 78.3 cm³/mol. The summed E-state index contributed by atoms with van der Waals surface area (Å²) in [5.41, 5.74) is -1.40. The summed E-state index contributed by atoms with van der Waals surface area (Å²) in [6.07, 6.45) is -3.91. The Hall–Kier alpha value is -2.09. The van der Waals surface area contributed by atoms with Gasteiger partial charge in [-0.2, -0.15) is 13.2 Å². The third-order valence-corrected chi connectivity index (χ3v) is 4.17. The predicted octanol–water partition coefficient (Wildman–Crippen LogP) is 2.25. The van der Waals surface area contributed by atoms with Crippen molar-refractivity contribution in [1.82, 2.24) is 5.32 Å². The fourth-order valence-electron chi connectivity index (χ4n) is 2.56. The molecular weight excluding hydrogens is 327 g/mol. The van der Waals surface area contributed by atoms with Gasteiger partial charge in [-0.15, -0.1) is 0 Å². The Morgan fingerprint density at radius 1 is 1.17 bits per heavy atom. The molecule has 2 rings (SSSR count). The first-order chi connectivity index (χ1) is 11.2. The number of amides is 1. The number of ether oxygens (including phenoxy) is 1. The number of rotatable bonds is 5. The quantitative estimate of drug-likeness (QED) is 0.858. The van der Waals surface area contributed by atoms with E-state index >= 15 is 0 Å². The smallest absolute Gasteiger partial charge is 0.416 e. The number of carboxylic acid groups (broad SMARTS) is 1. The molecule has 1 saturated heterocycles. The van der Waals surface area contributed by atoms with Gasteiger partial charge in [-0.3, -0.25) is 9.59 Å². The molecular formula is C16H18F3NO4. The van der Waals surface area contributed by atoms with Crippen LogP contribution in [0.25, 0.3) is 0 Å². The molecule has 5 nitrogen and oxygen atoms in total. The van der Waals surface area contributed by atoms with Crippen molar-refractivity contribution < 1.29 is 32.6 Å². The summed E-state index contributed by atoms with van der Waals surface area (Å²) in [6, 6.07) is 4.31.